The van der Waals surface area contributed by atoms with Crippen molar-refractivity contribution in [2.24, 2.45) is 5.73 Å². The Morgan fingerprint density at radius 1 is 1.24 bits per heavy atom. The molecular weight excluding hydrogens is 238 g/mol. The summed E-state index contributed by atoms with van der Waals surface area (Å²) in [6, 6.07) is 0. The van der Waals surface area contributed by atoms with Gasteiger partial charge in [-0.05, 0) is 50.4 Å². The lowest BCUT2D eigenvalue weighted by Gasteiger charge is -2.13. The third-order valence-electron chi connectivity index (χ3n) is 3.55. The van der Waals surface area contributed by atoms with Crippen molar-refractivity contribution >= 4 is 12.4 Å². The third kappa shape index (κ3) is 2.22. The topological polar surface area (TPSA) is 55.5 Å². The molecule has 1 aliphatic rings. The van der Waals surface area contributed by atoms with Gasteiger partial charge in [-0.2, -0.15) is 0 Å². The van der Waals surface area contributed by atoms with Gasteiger partial charge in [0.1, 0.15) is 17.6 Å². The Hall–Kier alpha value is -0.930. The van der Waals surface area contributed by atoms with Gasteiger partial charge in [0, 0.05) is 12.0 Å². The van der Waals surface area contributed by atoms with Crippen molar-refractivity contribution in [3.05, 3.63) is 22.3 Å². The Kier molecular flexibility index (Phi) is 4.28. The molecular formula is C13H20ClNO2. The SMILES string of the molecule is Cc1c(C)c2c(c(C)c1O)CC(CCN)O2.Cl. The van der Waals surface area contributed by atoms with Crippen molar-refractivity contribution in [2.75, 3.05) is 6.54 Å². The number of hydrogen-bond donors (Lipinski definition) is 2. The van der Waals surface area contributed by atoms with E-state index in [1.807, 2.05) is 20.8 Å². The number of nitrogens with two attached hydrogens (primary N) is 1. The molecule has 3 nitrogen and oxygen atoms in total. The fourth-order valence-corrected chi connectivity index (χ4v) is 2.36. The van der Waals surface area contributed by atoms with E-state index in [2.05, 4.69) is 0 Å². The smallest absolute Gasteiger partial charge is 0.126 e. The monoisotopic (exact) mass is 257 g/mol. The van der Waals surface area contributed by atoms with Gasteiger partial charge in [0.15, 0.2) is 0 Å². The number of benzene rings is 1. The van der Waals surface area contributed by atoms with Crippen LogP contribution in [-0.4, -0.2) is 17.8 Å². The Morgan fingerprint density at radius 3 is 2.47 bits per heavy atom. The predicted octanol–water partition coefficient (Wildman–Crippen LogP) is 2.39. The van der Waals surface area contributed by atoms with Crippen molar-refractivity contribution in [1.82, 2.24) is 0 Å². The standard InChI is InChI=1S/C13H19NO2.ClH/c1-7-8(2)13-11(9(3)12(7)15)6-10(16-13)4-5-14;/h10,15H,4-6,14H2,1-3H3;1H. The number of ether oxygens (including phenoxy) is 1. The van der Waals surface area contributed by atoms with E-state index in [1.54, 1.807) is 0 Å². The van der Waals surface area contributed by atoms with Gasteiger partial charge in [-0.25, -0.2) is 0 Å². The minimum Gasteiger partial charge on any atom is -0.507 e. The maximum absolute atomic E-state index is 9.99. The number of phenols is 1. The van der Waals surface area contributed by atoms with Crippen LogP contribution in [0.25, 0.3) is 0 Å². The summed E-state index contributed by atoms with van der Waals surface area (Å²) in [5.74, 6) is 1.37. The van der Waals surface area contributed by atoms with Gasteiger partial charge in [-0.3, -0.25) is 0 Å². The molecule has 3 N–H and O–H groups in total. The van der Waals surface area contributed by atoms with E-state index < -0.39 is 0 Å². The van der Waals surface area contributed by atoms with Crippen LogP contribution in [-0.2, 0) is 6.42 Å². The van der Waals surface area contributed by atoms with Crippen LogP contribution in [0.2, 0.25) is 0 Å². The van der Waals surface area contributed by atoms with Gasteiger partial charge in [0.25, 0.3) is 0 Å². The average molecular weight is 258 g/mol. The summed E-state index contributed by atoms with van der Waals surface area (Å²) in [4.78, 5) is 0. The maximum atomic E-state index is 9.99. The van der Waals surface area contributed by atoms with E-state index in [0.717, 1.165) is 40.8 Å². The molecule has 2 rings (SSSR count). The molecule has 0 amide bonds. The molecule has 0 spiro atoms. The first-order valence-electron chi connectivity index (χ1n) is 5.74. The predicted molar refractivity (Wildman–Crippen MR) is 71.4 cm³/mol. The molecule has 1 aromatic carbocycles. The summed E-state index contributed by atoms with van der Waals surface area (Å²) in [5.41, 5.74) is 9.63. The largest absolute Gasteiger partial charge is 0.507 e. The number of fused-ring (bicyclic) bond motifs is 1. The van der Waals surface area contributed by atoms with E-state index in [9.17, 15) is 5.11 Å². The Labute approximate surface area is 108 Å². The highest BCUT2D eigenvalue weighted by Gasteiger charge is 2.28. The molecule has 0 aliphatic carbocycles. The Morgan fingerprint density at radius 2 is 1.88 bits per heavy atom. The molecule has 1 atom stereocenters. The van der Waals surface area contributed by atoms with Crippen LogP contribution >= 0.6 is 12.4 Å². The van der Waals surface area contributed by atoms with Crippen LogP contribution in [0.4, 0.5) is 0 Å². The van der Waals surface area contributed by atoms with Gasteiger partial charge < -0.3 is 15.6 Å². The highest BCUT2D eigenvalue weighted by Crippen LogP contribution is 2.42. The normalized spacial score (nSPS) is 17.3. The molecule has 4 heteroatoms. The zero-order valence-electron chi connectivity index (χ0n) is 10.5. The quantitative estimate of drug-likeness (QED) is 0.855. The van der Waals surface area contributed by atoms with Gasteiger partial charge in [-0.1, -0.05) is 0 Å². The van der Waals surface area contributed by atoms with Crippen LogP contribution in [0.1, 0.15) is 28.7 Å². The summed E-state index contributed by atoms with van der Waals surface area (Å²) >= 11 is 0. The van der Waals surface area contributed by atoms with E-state index in [0.29, 0.717) is 12.3 Å². The Balaban J connectivity index is 0.00000144. The summed E-state index contributed by atoms with van der Waals surface area (Å²) < 4.78 is 5.90. The van der Waals surface area contributed by atoms with E-state index in [1.165, 1.54) is 0 Å². The Bertz CT molecular complexity index is 395. The fraction of sp³-hybridized carbons (Fsp3) is 0.538. The first-order valence-corrected chi connectivity index (χ1v) is 5.74. The lowest BCUT2D eigenvalue weighted by Crippen LogP contribution is -2.18. The average Bonchev–Trinajstić information content (AvgIpc) is 2.68. The molecule has 0 radical (unpaired) electrons. The zero-order valence-corrected chi connectivity index (χ0v) is 11.4. The first-order chi connectivity index (χ1) is 7.56. The van der Waals surface area contributed by atoms with Crippen molar-refractivity contribution < 1.29 is 9.84 Å². The van der Waals surface area contributed by atoms with Crippen LogP contribution in [0.5, 0.6) is 11.5 Å². The molecule has 0 fully saturated rings. The molecule has 0 saturated carbocycles. The highest BCUT2D eigenvalue weighted by atomic mass is 35.5. The van der Waals surface area contributed by atoms with E-state index in [4.69, 9.17) is 10.5 Å². The van der Waals surface area contributed by atoms with E-state index in [-0.39, 0.29) is 18.5 Å². The maximum Gasteiger partial charge on any atom is 0.126 e. The van der Waals surface area contributed by atoms with Crippen LogP contribution in [0.15, 0.2) is 0 Å². The molecule has 1 aromatic rings. The van der Waals surface area contributed by atoms with Gasteiger partial charge >= 0.3 is 0 Å². The van der Waals surface area contributed by atoms with Gasteiger partial charge in [0.2, 0.25) is 0 Å². The van der Waals surface area contributed by atoms with Crippen LogP contribution in [0.3, 0.4) is 0 Å². The molecule has 0 saturated heterocycles. The van der Waals surface area contributed by atoms with Crippen molar-refractivity contribution in [1.29, 1.82) is 0 Å². The zero-order chi connectivity index (χ0) is 11.9. The molecule has 1 heterocycles. The lowest BCUT2D eigenvalue weighted by atomic mass is 9.96. The van der Waals surface area contributed by atoms with Gasteiger partial charge in [-0.15, -0.1) is 12.4 Å². The molecule has 0 aromatic heterocycles. The first kappa shape index (κ1) is 14.1. The minimum absolute atomic E-state index is 0. The third-order valence-corrected chi connectivity index (χ3v) is 3.55. The number of phenolic OH excluding ortho intramolecular Hbond substituents is 1. The summed E-state index contributed by atoms with van der Waals surface area (Å²) in [6.07, 6.45) is 1.92. The summed E-state index contributed by atoms with van der Waals surface area (Å²) in [6.45, 7) is 6.52. The summed E-state index contributed by atoms with van der Waals surface area (Å²) in [5, 5.41) is 9.99. The van der Waals surface area contributed by atoms with Crippen LogP contribution in [0, 0.1) is 20.8 Å². The van der Waals surface area contributed by atoms with Crippen molar-refractivity contribution in [2.45, 2.75) is 39.7 Å². The lowest BCUT2D eigenvalue weighted by molar-refractivity contribution is 0.223. The second kappa shape index (κ2) is 5.15. The van der Waals surface area contributed by atoms with Crippen molar-refractivity contribution in [3.8, 4) is 11.5 Å². The highest BCUT2D eigenvalue weighted by molar-refractivity contribution is 5.85. The number of aromatic hydroxyl groups is 1. The molecule has 0 bridgehead atoms. The summed E-state index contributed by atoms with van der Waals surface area (Å²) in [7, 11) is 0. The van der Waals surface area contributed by atoms with E-state index >= 15 is 0 Å². The van der Waals surface area contributed by atoms with Gasteiger partial charge in [0.05, 0.1) is 0 Å². The molecule has 1 aliphatic heterocycles. The number of rotatable bonds is 2. The van der Waals surface area contributed by atoms with Crippen molar-refractivity contribution in [3.63, 3.8) is 0 Å². The van der Waals surface area contributed by atoms with Crippen LogP contribution < -0.4 is 10.5 Å². The second-order valence-electron chi connectivity index (χ2n) is 4.55. The number of hydrogen-bond acceptors (Lipinski definition) is 3. The number of halogens is 1. The molecule has 1 unspecified atom stereocenters. The fourth-order valence-electron chi connectivity index (χ4n) is 2.36. The second-order valence-corrected chi connectivity index (χ2v) is 4.55. The molecule has 17 heavy (non-hydrogen) atoms. The molecule has 96 valence electrons. The minimum atomic E-state index is 0.